The van der Waals surface area contributed by atoms with Gasteiger partial charge in [-0.3, -0.25) is 4.90 Å². The van der Waals surface area contributed by atoms with Crippen LogP contribution in [0.25, 0.3) is 0 Å². The highest BCUT2D eigenvalue weighted by molar-refractivity contribution is 5.49. The molecule has 128 valence electrons. The Hall–Kier alpha value is -1.26. The second kappa shape index (κ2) is 6.70. The average molecular weight is 325 g/mol. The Bertz CT molecular complexity index is 734. The molecule has 2 heterocycles. The summed E-state index contributed by atoms with van der Waals surface area (Å²) in [6, 6.07) is 3.10. The van der Waals surface area contributed by atoms with Gasteiger partial charge in [0.25, 0.3) is 0 Å². The molecule has 3 atom stereocenters. The molecular weight excluding hydrogens is 290 g/mol. The molecule has 1 aromatic rings. The maximum absolute atomic E-state index is 10.7. The Morgan fingerprint density at radius 2 is 2.04 bits per heavy atom. The molecule has 0 aliphatic carbocycles. The molecule has 0 unspecified atom stereocenters. The van der Waals surface area contributed by atoms with Crippen LogP contribution >= 0.6 is 0 Å². The summed E-state index contributed by atoms with van der Waals surface area (Å²) in [4.78, 5) is 2.32. The number of ether oxygens (including phenoxy) is 2. The predicted octanol–water partition coefficient (Wildman–Crippen LogP) is 3.03. The molecule has 0 amide bonds. The first-order valence-corrected chi connectivity index (χ1v) is 8.29. The summed E-state index contributed by atoms with van der Waals surface area (Å²) in [7, 11) is -5.45. The minimum atomic E-state index is -2.73. The molecule has 1 saturated heterocycles. The van der Waals surface area contributed by atoms with Crippen LogP contribution in [-0.4, -0.2) is 43.3 Å². The lowest BCUT2D eigenvalue weighted by atomic mass is 9.79. The van der Waals surface area contributed by atoms with Crippen LogP contribution in [0.1, 0.15) is 52.1 Å². The summed E-state index contributed by atoms with van der Waals surface area (Å²) in [5, 5.41) is 10.7. The van der Waals surface area contributed by atoms with Crippen molar-refractivity contribution >= 4 is 0 Å². The van der Waals surface area contributed by atoms with Gasteiger partial charge in [0.2, 0.25) is 0 Å². The third kappa shape index (κ3) is 3.20. The van der Waals surface area contributed by atoms with Gasteiger partial charge in [-0.05, 0) is 54.4 Å². The zero-order chi connectivity index (χ0) is 21.6. The summed E-state index contributed by atoms with van der Waals surface area (Å²) >= 11 is 0. The Morgan fingerprint density at radius 3 is 2.74 bits per heavy atom. The van der Waals surface area contributed by atoms with Crippen LogP contribution in [0.4, 0.5) is 0 Å². The van der Waals surface area contributed by atoms with Gasteiger partial charge in [0.1, 0.15) is 0 Å². The quantitative estimate of drug-likeness (QED) is 0.924. The van der Waals surface area contributed by atoms with Gasteiger partial charge in [0, 0.05) is 19.1 Å². The zero-order valence-corrected chi connectivity index (χ0v) is 13.7. The molecule has 0 saturated carbocycles. The maximum atomic E-state index is 10.7. The molecule has 4 heteroatoms. The second-order valence-corrected chi connectivity index (χ2v) is 7.16. The van der Waals surface area contributed by atoms with Gasteiger partial charge >= 0.3 is 0 Å². The number of methoxy groups -OCH3 is 2. The van der Waals surface area contributed by atoms with Crippen LogP contribution in [0, 0.1) is 11.8 Å². The fourth-order valence-corrected chi connectivity index (χ4v) is 4.10. The van der Waals surface area contributed by atoms with Crippen molar-refractivity contribution in [3.8, 4) is 11.5 Å². The highest BCUT2D eigenvalue weighted by Gasteiger charge is 2.38. The van der Waals surface area contributed by atoms with E-state index in [1.807, 2.05) is 0 Å². The normalized spacial score (nSPS) is 32.4. The van der Waals surface area contributed by atoms with Crippen molar-refractivity contribution in [2.75, 3.05) is 27.2 Å². The summed E-state index contributed by atoms with van der Waals surface area (Å²) in [5.41, 5.74) is 1.77. The number of aliphatic hydroxyl groups is 1. The minimum absolute atomic E-state index is 0.0575. The van der Waals surface area contributed by atoms with Gasteiger partial charge in [-0.2, -0.15) is 0 Å². The molecule has 0 radical (unpaired) electrons. The van der Waals surface area contributed by atoms with Gasteiger partial charge < -0.3 is 14.6 Å². The average Bonchev–Trinajstić information content (AvgIpc) is 2.53. The van der Waals surface area contributed by atoms with E-state index in [4.69, 9.17) is 17.7 Å². The van der Waals surface area contributed by atoms with Gasteiger partial charge in [-0.15, -0.1) is 0 Å². The van der Waals surface area contributed by atoms with Crippen molar-refractivity contribution in [3.05, 3.63) is 23.3 Å². The predicted molar refractivity (Wildman–Crippen MR) is 91.1 cm³/mol. The van der Waals surface area contributed by atoms with Crippen molar-refractivity contribution in [1.82, 2.24) is 4.90 Å². The Kier molecular flexibility index (Phi) is 3.08. The lowest BCUT2D eigenvalue weighted by Gasteiger charge is -2.46. The van der Waals surface area contributed by atoms with E-state index in [0.29, 0.717) is 18.8 Å². The summed E-state index contributed by atoms with van der Waals surface area (Å²) < 4.78 is 54.4. The molecule has 4 nitrogen and oxygen atoms in total. The maximum Gasteiger partial charge on any atom is 0.161 e. The number of aliphatic hydroxyl groups excluding tert-OH is 1. The van der Waals surface area contributed by atoms with E-state index in [1.165, 1.54) is 0 Å². The number of rotatable bonds is 4. The Morgan fingerprint density at radius 1 is 1.30 bits per heavy atom. The van der Waals surface area contributed by atoms with Gasteiger partial charge in [-0.25, -0.2) is 0 Å². The summed E-state index contributed by atoms with van der Waals surface area (Å²) in [6.07, 6.45) is 1.77. The first-order valence-electron chi connectivity index (χ1n) is 11.3. The van der Waals surface area contributed by atoms with Crippen LogP contribution in [0.15, 0.2) is 12.1 Å². The first-order chi connectivity index (χ1) is 13.3. The van der Waals surface area contributed by atoms with Crippen LogP contribution in [0.5, 0.6) is 11.5 Å². The third-order valence-electron chi connectivity index (χ3n) is 5.15. The number of hydrogen-bond acceptors (Lipinski definition) is 4. The molecule has 1 aromatic carbocycles. The standard InChI is InChI=1S/C19H29NO3/c1-12(2)7-14-11-20-6-5-13-8-18(22-3)19(23-4)9-15(13)16(20)10-17(14)21/h8-9,12,14,16-17,21H,5-7,10-11H2,1-4H3/t14-,16-,17-/m0/s1/i3D3,4D3. The molecule has 1 fully saturated rings. The molecule has 1 N–H and O–H groups in total. The minimum Gasteiger partial charge on any atom is -0.493 e. The highest BCUT2D eigenvalue weighted by Crippen LogP contribution is 2.43. The van der Waals surface area contributed by atoms with Crippen molar-refractivity contribution in [1.29, 1.82) is 0 Å². The van der Waals surface area contributed by atoms with E-state index >= 15 is 0 Å². The van der Waals surface area contributed by atoms with E-state index in [0.717, 1.165) is 30.6 Å². The number of fused-ring (bicyclic) bond motifs is 3. The van der Waals surface area contributed by atoms with E-state index < -0.39 is 20.2 Å². The SMILES string of the molecule is [2H]C([2H])([2H])Oc1cc2c(cc1OC([2H])([2H])[2H])[C@@H]1C[C@H](O)[C@@H](CC(C)C)CN1CC2. The fraction of sp³-hybridized carbons (Fsp3) is 0.684. The monoisotopic (exact) mass is 325 g/mol. The number of hydrogen-bond donors (Lipinski definition) is 1. The van der Waals surface area contributed by atoms with Crippen molar-refractivity contribution < 1.29 is 22.8 Å². The van der Waals surface area contributed by atoms with Crippen LogP contribution in [0.2, 0.25) is 0 Å². The van der Waals surface area contributed by atoms with Crippen LogP contribution < -0.4 is 9.47 Å². The molecule has 0 spiro atoms. The van der Waals surface area contributed by atoms with Crippen molar-refractivity contribution in [2.24, 2.45) is 11.8 Å². The Labute approximate surface area is 147 Å². The molecule has 2 aliphatic rings. The second-order valence-electron chi connectivity index (χ2n) is 7.16. The van der Waals surface area contributed by atoms with Crippen LogP contribution in [-0.2, 0) is 6.42 Å². The fourth-order valence-electron chi connectivity index (χ4n) is 4.10. The van der Waals surface area contributed by atoms with E-state index in [-0.39, 0.29) is 23.5 Å². The molecule has 3 rings (SSSR count). The van der Waals surface area contributed by atoms with Crippen LogP contribution in [0.3, 0.4) is 0 Å². The number of piperidine rings is 1. The highest BCUT2D eigenvalue weighted by atomic mass is 16.5. The zero-order valence-electron chi connectivity index (χ0n) is 19.7. The number of nitrogens with zero attached hydrogens (tertiary/aromatic N) is 1. The van der Waals surface area contributed by atoms with Gasteiger partial charge in [0.05, 0.1) is 28.4 Å². The van der Waals surface area contributed by atoms with Crippen molar-refractivity contribution in [3.63, 3.8) is 0 Å². The number of benzene rings is 1. The smallest absolute Gasteiger partial charge is 0.161 e. The lowest BCUT2D eigenvalue weighted by molar-refractivity contribution is -0.0191. The Balaban J connectivity index is 1.94. The topological polar surface area (TPSA) is 41.9 Å². The summed E-state index contributed by atoms with van der Waals surface area (Å²) in [6.45, 7) is 5.88. The summed E-state index contributed by atoms with van der Waals surface area (Å²) in [5.74, 6) is 0.508. The molecular formula is C19H29NO3. The van der Waals surface area contributed by atoms with E-state index in [9.17, 15) is 5.11 Å². The van der Waals surface area contributed by atoms with Gasteiger partial charge in [-0.1, -0.05) is 13.8 Å². The van der Waals surface area contributed by atoms with E-state index in [1.54, 1.807) is 12.1 Å². The van der Waals surface area contributed by atoms with Crippen molar-refractivity contribution in [2.45, 2.75) is 45.3 Å². The molecule has 23 heavy (non-hydrogen) atoms. The van der Waals surface area contributed by atoms with E-state index in [2.05, 4.69) is 18.7 Å². The largest absolute Gasteiger partial charge is 0.493 e. The lowest BCUT2D eigenvalue weighted by Crippen LogP contribution is -2.48. The van der Waals surface area contributed by atoms with Gasteiger partial charge in [0.15, 0.2) is 11.5 Å². The first kappa shape index (κ1) is 10.6. The third-order valence-corrected chi connectivity index (χ3v) is 5.15. The molecule has 2 aliphatic heterocycles. The molecule has 0 aromatic heterocycles. The molecule has 0 bridgehead atoms.